The molecule has 0 bridgehead atoms. The maximum absolute atomic E-state index is 14.0. The molecule has 0 aliphatic rings. The summed E-state index contributed by atoms with van der Waals surface area (Å²) in [5, 5.41) is 4.74. The largest absolute Gasteiger partial charge is 0.490 e. The van der Waals surface area contributed by atoms with Crippen LogP contribution in [0.5, 0.6) is 23.0 Å². The Kier molecular flexibility index (Phi) is 20.0. The van der Waals surface area contributed by atoms with Crippen molar-refractivity contribution >= 4 is 67.0 Å². The van der Waals surface area contributed by atoms with E-state index in [9.17, 15) is 19.2 Å². The van der Waals surface area contributed by atoms with E-state index < -0.39 is 35.0 Å². The highest BCUT2D eigenvalue weighted by Gasteiger charge is 2.36. The fourth-order valence-electron chi connectivity index (χ4n) is 8.53. The van der Waals surface area contributed by atoms with Gasteiger partial charge in [0.2, 0.25) is 0 Å². The number of methoxy groups -OCH3 is 4. The molecule has 12 nitrogen and oxygen atoms in total. The number of benzene rings is 5. The van der Waals surface area contributed by atoms with Crippen molar-refractivity contribution in [3.05, 3.63) is 58.7 Å². The Labute approximate surface area is 389 Å². The Bertz CT molecular complexity index is 2300. The molecule has 0 unspecified atom stereocenters. The third-order valence-corrected chi connectivity index (χ3v) is 12.1. The van der Waals surface area contributed by atoms with Crippen LogP contribution >= 0.6 is 0 Å². The van der Waals surface area contributed by atoms with E-state index in [4.69, 9.17) is 37.9 Å². The highest BCUT2D eigenvalue weighted by atomic mass is 16.5. The quantitative estimate of drug-likeness (QED) is 0.0155. The van der Waals surface area contributed by atoms with Gasteiger partial charge < -0.3 is 37.9 Å². The van der Waals surface area contributed by atoms with Crippen LogP contribution in [0.15, 0.2) is 36.4 Å². The first-order chi connectivity index (χ1) is 32.1. The summed E-state index contributed by atoms with van der Waals surface area (Å²) in [5.41, 5.74) is -1.51. The molecule has 0 atom stereocenters. The van der Waals surface area contributed by atoms with Gasteiger partial charge in [0, 0.05) is 0 Å². The van der Waals surface area contributed by atoms with Crippen LogP contribution in [-0.2, 0) is 18.9 Å². The lowest BCUT2D eigenvalue weighted by Gasteiger charge is -2.21. The maximum Gasteiger partial charge on any atom is 0.339 e. The molecule has 0 heterocycles. The van der Waals surface area contributed by atoms with Gasteiger partial charge in [0.1, 0.15) is 0 Å². The molecule has 0 amide bonds. The van der Waals surface area contributed by atoms with E-state index in [1.54, 1.807) is 12.1 Å². The van der Waals surface area contributed by atoms with Gasteiger partial charge in [-0.05, 0) is 105 Å². The third kappa shape index (κ3) is 12.0. The molecule has 0 N–H and O–H groups in total. The fourth-order valence-corrected chi connectivity index (χ4v) is 8.53. The molecule has 0 saturated carbocycles. The van der Waals surface area contributed by atoms with Crippen LogP contribution in [0.1, 0.15) is 172 Å². The Morgan fingerprint density at radius 2 is 0.530 bits per heavy atom. The molecule has 0 saturated heterocycles. The van der Waals surface area contributed by atoms with Gasteiger partial charge >= 0.3 is 23.9 Å². The second kappa shape index (κ2) is 25.8. The number of unbranched alkanes of at least 4 members (excludes halogenated alkanes) is 12. The van der Waals surface area contributed by atoms with Crippen molar-refractivity contribution in [3.8, 4) is 23.0 Å². The molecule has 0 aliphatic carbocycles. The first-order valence-corrected chi connectivity index (χ1v) is 24.0. The lowest BCUT2D eigenvalue weighted by Crippen LogP contribution is -2.23. The van der Waals surface area contributed by atoms with Gasteiger partial charge in [0.15, 0.2) is 23.0 Å². The maximum atomic E-state index is 14.0. The first kappa shape index (κ1) is 51.2. The van der Waals surface area contributed by atoms with E-state index in [2.05, 4.69) is 27.7 Å². The average Bonchev–Trinajstić information content (AvgIpc) is 3.33. The zero-order chi connectivity index (χ0) is 47.6. The normalized spacial score (nSPS) is 11.3. The van der Waals surface area contributed by atoms with Crippen LogP contribution in [0.25, 0.3) is 43.1 Å². The van der Waals surface area contributed by atoms with Crippen LogP contribution in [-0.4, -0.2) is 78.7 Å². The lowest BCUT2D eigenvalue weighted by molar-refractivity contribution is 0.0523. The van der Waals surface area contributed by atoms with E-state index in [0.29, 0.717) is 60.2 Å². The van der Waals surface area contributed by atoms with E-state index in [1.807, 2.05) is 24.3 Å². The fraction of sp³-hybridized carbons (Fsp3) is 0.519. The highest BCUT2D eigenvalue weighted by Crippen LogP contribution is 2.47. The van der Waals surface area contributed by atoms with E-state index >= 15 is 0 Å². The second-order valence-electron chi connectivity index (χ2n) is 16.7. The summed E-state index contributed by atoms with van der Waals surface area (Å²) < 4.78 is 47.1. The molecule has 358 valence electrons. The topological polar surface area (TPSA) is 142 Å². The van der Waals surface area contributed by atoms with Gasteiger partial charge in [0.25, 0.3) is 0 Å². The molecule has 5 rings (SSSR count). The zero-order valence-corrected chi connectivity index (χ0v) is 40.5. The molecular formula is C54H70O12. The molecular weight excluding hydrogens is 841 g/mol. The Morgan fingerprint density at radius 3 is 0.758 bits per heavy atom. The van der Waals surface area contributed by atoms with Crippen molar-refractivity contribution < 1.29 is 57.1 Å². The summed E-state index contributed by atoms with van der Waals surface area (Å²) in [4.78, 5) is 55.4. The number of hydrogen-bond donors (Lipinski definition) is 0. The summed E-state index contributed by atoms with van der Waals surface area (Å²) in [6.45, 7) is 10.7. The molecule has 0 spiro atoms. The van der Waals surface area contributed by atoms with Crippen LogP contribution in [0.4, 0.5) is 0 Å². The van der Waals surface area contributed by atoms with Gasteiger partial charge in [-0.1, -0.05) is 105 Å². The second-order valence-corrected chi connectivity index (χ2v) is 16.7. The van der Waals surface area contributed by atoms with Crippen LogP contribution in [0, 0.1) is 0 Å². The van der Waals surface area contributed by atoms with Gasteiger partial charge in [0.05, 0.1) is 77.1 Å². The predicted octanol–water partition coefficient (Wildman–Crippen LogP) is 13.3. The molecule has 66 heavy (non-hydrogen) atoms. The first-order valence-electron chi connectivity index (χ1n) is 24.0. The van der Waals surface area contributed by atoms with E-state index in [1.165, 1.54) is 14.2 Å². The molecule has 5 aromatic carbocycles. The average molecular weight is 911 g/mol. The number of fused-ring (bicyclic) bond motifs is 7. The van der Waals surface area contributed by atoms with Gasteiger partial charge in [-0.3, -0.25) is 0 Å². The standard InChI is InChI=1S/C54H70O12/c1-9-13-17-21-25-63-43-31-37-35-29-41-42(48(52(56)60-6)50(54(58)62-8)49(53(57)61-7)47(41)51(55)59-5)30-36(35)38-32-44(64-26-22-18-14-10-2)46(66-28-24-20-16-12-4)34-40(38)39(37)33-45(43)65-27-23-19-15-11-3/h29-34H,9-28H2,1-8H3. The van der Waals surface area contributed by atoms with Crippen LogP contribution in [0.2, 0.25) is 0 Å². The summed E-state index contributed by atoms with van der Waals surface area (Å²) in [7, 11) is 4.58. The monoisotopic (exact) mass is 910 g/mol. The molecule has 0 aromatic heterocycles. The number of carbonyl (C=O) groups is 4. The molecule has 0 fully saturated rings. The summed E-state index contributed by atoms with van der Waals surface area (Å²) >= 11 is 0. The zero-order valence-electron chi connectivity index (χ0n) is 40.5. The van der Waals surface area contributed by atoms with Crippen molar-refractivity contribution in [2.45, 2.75) is 130 Å². The predicted molar refractivity (Wildman–Crippen MR) is 260 cm³/mol. The lowest BCUT2D eigenvalue weighted by atomic mass is 9.85. The molecule has 12 heteroatoms. The van der Waals surface area contributed by atoms with Crippen molar-refractivity contribution in [2.24, 2.45) is 0 Å². The summed E-state index contributed by atoms with van der Waals surface area (Å²) in [5.74, 6) is -1.62. The number of rotatable bonds is 28. The molecule has 0 radical (unpaired) electrons. The van der Waals surface area contributed by atoms with Crippen molar-refractivity contribution in [3.63, 3.8) is 0 Å². The number of carbonyl (C=O) groups excluding carboxylic acids is 4. The van der Waals surface area contributed by atoms with E-state index in [-0.39, 0.29) is 21.9 Å². The van der Waals surface area contributed by atoms with Crippen LogP contribution < -0.4 is 18.9 Å². The number of esters is 4. The van der Waals surface area contributed by atoms with Crippen molar-refractivity contribution in [2.75, 3.05) is 54.9 Å². The van der Waals surface area contributed by atoms with Gasteiger partial charge in [-0.15, -0.1) is 0 Å². The SMILES string of the molecule is CCCCCCOc1cc2c3cc(OCCCCCC)c(OCCCCCC)cc3c3cc4c(C(=O)OC)c(C(=O)OC)c(C(=O)OC)c(C(=O)OC)c4cc3c2cc1OCCCCCC. The Morgan fingerprint density at radius 1 is 0.303 bits per heavy atom. The number of hydrogen-bond acceptors (Lipinski definition) is 12. The highest BCUT2D eigenvalue weighted by molar-refractivity contribution is 6.32. The summed E-state index contributed by atoms with van der Waals surface area (Å²) in [6.07, 6.45) is 16.4. The summed E-state index contributed by atoms with van der Waals surface area (Å²) in [6, 6.07) is 11.5. The number of ether oxygens (including phenoxy) is 8. The van der Waals surface area contributed by atoms with Crippen molar-refractivity contribution in [1.82, 2.24) is 0 Å². The Balaban J connectivity index is 1.98. The van der Waals surface area contributed by atoms with Crippen LogP contribution in [0.3, 0.4) is 0 Å². The molecule has 0 aliphatic heterocycles. The van der Waals surface area contributed by atoms with Crippen molar-refractivity contribution in [1.29, 1.82) is 0 Å². The minimum atomic E-state index is -1.05. The smallest absolute Gasteiger partial charge is 0.339 e. The van der Waals surface area contributed by atoms with Gasteiger partial charge in [-0.2, -0.15) is 0 Å². The third-order valence-electron chi connectivity index (χ3n) is 12.1. The van der Waals surface area contributed by atoms with E-state index in [0.717, 1.165) is 138 Å². The minimum absolute atomic E-state index is 0.154. The molecule has 5 aromatic rings. The Hall–Kier alpha value is -5.78. The van der Waals surface area contributed by atoms with Gasteiger partial charge in [-0.25, -0.2) is 19.2 Å². The minimum Gasteiger partial charge on any atom is -0.490 e.